The number of hydrogen-bond donors (Lipinski definition) is 2. The van der Waals surface area contributed by atoms with Crippen molar-refractivity contribution in [3.63, 3.8) is 0 Å². The van der Waals surface area contributed by atoms with Gasteiger partial charge in [0.05, 0.1) is 39.3 Å². The molecule has 26 heavy (non-hydrogen) atoms. The van der Waals surface area contributed by atoms with Gasteiger partial charge in [0, 0.05) is 30.9 Å². The zero-order valence-electron chi connectivity index (χ0n) is 14.7. The summed E-state index contributed by atoms with van der Waals surface area (Å²) in [6.07, 6.45) is 1.70. The van der Waals surface area contributed by atoms with Crippen LogP contribution in [0.2, 0.25) is 5.02 Å². The first kappa shape index (κ1) is 18.3. The fourth-order valence-corrected chi connectivity index (χ4v) is 3.42. The number of imidazole rings is 1. The number of H-pyrrole nitrogens is 1. The molecule has 2 aromatic carbocycles. The molecule has 0 saturated heterocycles. The normalized spacial score (nSPS) is 10.8. The Morgan fingerprint density at radius 3 is 2.58 bits per heavy atom. The van der Waals surface area contributed by atoms with E-state index in [1.807, 2.05) is 62.3 Å². The highest BCUT2D eigenvalue weighted by Gasteiger charge is 2.11. The first-order chi connectivity index (χ1) is 12.0. The fraction of sp³-hybridized carbons (Fsp3) is 0.158. The molecule has 0 unspecified atom stereocenters. The van der Waals surface area contributed by atoms with Crippen LogP contribution < -0.4 is 10.2 Å². The van der Waals surface area contributed by atoms with Gasteiger partial charge >= 0.3 is 0 Å². The molecular weight excluding hydrogens is 369 g/mol. The fourth-order valence-electron chi connectivity index (χ4n) is 3.07. The number of hydrogen-bond acceptors (Lipinski definition) is 4. The second-order valence-corrected chi connectivity index (χ2v) is 6.66. The van der Waals surface area contributed by atoms with Gasteiger partial charge in [0.1, 0.15) is 0 Å². The van der Waals surface area contributed by atoms with Crippen molar-refractivity contribution in [1.82, 2.24) is 15.0 Å². The van der Waals surface area contributed by atoms with Gasteiger partial charge in [0.25, 0.3) is 0 Å². The molecular formula is C19H19Cl2N5. The minimum Gasteiger partial charge on any atom is -0.376 e. The zero-order valence-corrected chi connectivity index (χ0v) is 16.2. The number of benzene rings is 2. The molecule has 0 atom stereocenters. The van der Waals surface area contributed by atoms with Gasteiger partial charge in [-0.15, -0.1) is 12.4 Å². The maximum absolute atomic E-state index is 6.41. The number of fused-ring (bicyclic) bond motifs is 3. The largest absolute Gasteiger partial charge is 0.376 e. The van der Waals surface area contributed by atoms with Crippen molar-refractivity contribution >= 4 is 63.0 Å². The molecule has 2 aromatic heterocycles. The Labute approximate surface area is 162 Å². The number of rotatable bonds is 3. The van der Waals surface area contributed by atoms with Crippen molar-refractivity contribution in [2.24, 2.45) is 0 Å². The molecule has 5 nitrogen and oxygen atoms in total. The lowest BCUT2D eigenvalue weighted by Gasteiger charge is -2.16. The summed E-state index contributed by atoms with van der Waals surface area (Å²) >= 11 is 6.41. The predicted octanol–water partition coefficient (Wildman–Crippen LogP) is 5.30. The molecule has 2 heterocycles. The highest BCUT2D eigenvalue weighted by molar-refractivity contribution is 6.33. The van der Waals surface area contributed by atoms with Gasteiger partial charge in [-0.3, -0.25) is 4.98 Å². The molecule has 0 aliphatic carbocycles. The van der Waals surface area contributed by atoms with Crippen LogP contribution in [0.5, 0.6) is 0 Å². The van der Waals surface area contributed by atoms with Crippen LogP contribution in [0, 0.1) is 6.92 Å². The predicted molar refractivity (Wildman–Crippen MR) is 112 cm³/mol. The zero-order chi connectivity index (χ0) is 17.6. The van der Waals surface area contributed by atoms with Gasteiger partial charge in [0.2, 0.25) is 0 Å². The Balaban J connectivity index is 0.00000196. The molecule has 0 amide bonds. The molecule has 0 spiro atoms. The minimum absolute atomic E-state index is 0. The second kappa shape index (κ2) is 7.02. The van der Waals surface area contributed by atoms with Crippen LogP contribution in [-0.2, 0) is 0 Å². The summed E-state index contributed by atoms with van der Waals surface area (Å²) in [6, 6.07) is 12.0. The molecule has 134 valence electrons. The molecule has 0 fully saturated rings. The molecule has 4 rings (SSSR count). The first-order valence-corrected chi connectivity index (χ1v) is 8.38. The molecule has 0 aliphatic rings. The highest BCUT2D eigenvalue weighted by Crippen LogP contribution is 2.33. The first-order valence-electron chi connectivity index (χ1n) is 8.00. The number of halogens is 2. The quantitative estimate of drug-likeness (QED) is 0.500. The lowest BCUT2D eigenvalue weighted by Crippen LogP contribution is -2.09. The summed E-state index contributed by atoms with van der Waals surface area (Å²) in [5.41, 5.74) is 6.66. The molecule has 0 aliphatic heterocycles. The standard InChI is InChI=1S/C19H18ClN5.ClH/c1-11-8-16(24-12-4-7-17(25(2)3)13(20)9-12)18-14(23-11)5-6-15-19(18)22-10-21-15;/h4-10H,1-3H3,(H,21,22)(H,23,24);1H. The van der Waals surface area contributed by atoms with Crippen molar-refractivity contribution in [2.75, 3.05) is 24.3 Å². The maximum atomic E-state index is 6.41. The number of aryl methyl sites for hydroxylation is 1. The average Bonchev–Trinajstić information content (AvgIpc) is 3.02. The molecule has 7 heteroatoms. The van der Waals surface area contributed by atoms with Crippen LogP contribution in [0.1, 0.15) is 5.69 Å². The van der Waals surface area contributed by atoms with Crippen LogP contribution in [0.4, 0.5) is 17.1 Å². The van der Waals surface area contributed by atoms with E-state index in [0.29, 0.717) is 5.02 Å². The Kier molecular flexibility index (Phi) is 4.94. The molecule has 0 radical (unpaired) electrons. The van der Waals surface area contributed by atoms with E-state index in [0.717, 1.165) is 44.7 Å². The highest BCUT2D eigenvalue weighted by atomic mass is 35.5. The van der Waals surface area contributed by atoms with Crippen LogP contribution in [-0.4, -0.2) is 29.0 Å². The van der Waals surface area contributed by atoms with Crippen molar-refractivity contribution in [3.8, 4) is 0 Å². The molecule has 0 bridgehead atoms. The maximum Gasteiger partial charge on any atom is 0.0932 e. The van der Waals surface area contributed by atoms with E-state index in [1.54, 1.807) is 6.33 Å². The van der Waals surface area contributed by atoms with Gasteiger partial charge in [0.15, 0.2) is 0 Å². The summed E-state index contributed by atoms with van der Waals surface area (Å²) in [6.45, 7) is 1.99. The van der Waals surface area contributed by atoms with E-state index in [9.17, 15) is 0 Å². The number of pyridine rings is 1. The molecule has 0 saturated carbocycles. The number of aromatic nitrogens is 3. The summed E-state index contributed by atoms with van der Waals surface area (Å²) in [5, 5.41) is 5.21. The van der Waals surface area contributed by atoms with Gasteiger partial charge in [-0.2, -0.15) is 0 Å². The third-order valence-electron chi connectivity index (χ3n) is 4.20. The SMILES string of the molecule is Cc1cc(Nc2ccc(N(C)C)c(Cl)c2)c2c(ccc3nc[nH]c32)n1.Cl. The summed E-state index contributed by atoms with van der Waals surface area (Å²) in [5.74, 6) is 0. The van der Waals surface area contributed by atoms with E-state index in [4.69, 9.17) is 11.6 Å². The van der Waals surface area contributed by atoms with Gasteiger partial charge in [-0.05, 0) is 43.3 Å². The van der Waals surface area contributed by atoms with Gasteiger partial charge in [-0.1, -0.05) is 11.6 Å². The van der Waals surface area contributed by atoms with E-state index in [2.05, 4.69) is 20.3 Å². The van der Waals surface area contributed by atoms with E-state index in [-0.39, 0.29) is 12.4 Å². The second-order valence-electron chi connectivity index (χ2n) is 6.25. The number of nitrogens with zero attached hydrogens (tertiary/aromatic N) is 3. The minimum atomic E-state index is 0. The van der Waals surface area contributed by atoms with Crippen molar-refractivity contribution < 1.29 is 0 Å². The van der Waals surface area contributed by atoms with Gasteiger partial charge < -0.3 is 15.2 Å². The van der Waals surface area contributed by atoms with E-state index < -0.39 is 0 Å². The van der Waals surface area contributed by atoms with Crippen LogP contribution in [0.25, 0.3) is 21.9 Å². The van der Waals surface area contributed by atoms with E-state index >= 15 is 0 Å². The summed E-state index contributed by atoms with van der Waals surface area (Å²) < 4.78 is 0. The summed E-state index contributed by atoms with van der Waals surface area (Å²) in [4.78, 5) is 14.2. The average molecular weight is 388 g/mol. The van der Waals surface area contributed by atoms with E-state index in [1.165, 1.54) is 0 Å². The Hall–Kier alpha value is -2.50. The molecule has 2 N–H and O–H groups in total. The smallest absolute Gasteiger partial charge is 0.0932 e. The lowest BCUT2D eigenvalue weighted by molar-refractivity contribution is 1.13. The monoisotopic (exact) mass is 387 g/mol. The van der Waals surface area contributed by atoms with Crippen molar-refractivity contribution in [2.45, 2.75) is 6.92 Å². The topological polar surface area (TPSA) is 56.8 Å². The van der Waals surface area contributed by atoms with Crippen LogP contribution in [0.15, 0.2) is 42.7 Å². The third kappa shape index (κ3) is 3.16. The number of aromatic amines is 1. The van der Waals surface area contributed by atoms with Gasteiger partial charge in [-0.25, -0.2) is 4.98 Å². The van der Waals surface area contributed by atoms with Crippen molar-refractivity contribution in [1.29, 1.82) is 0 Å². The summed E-state index contributed by atoms with van der Waals surface area (Å²) in [7, 11) is 3.95. The third-order valence-corrected chi connectivity index (χ3v) is 4.50. The lowest BCUT2D eigenvalue weighted by atomic mass is 10.1. The Morgan fingerprint density at radius 2 is 1.85 bits per heavy atom. The molecule has 4 aromatic rings. The Bertz CT molecular complexity index is 1090. The number of anilines is 3. The number of nitrogens with one attached hydrogen (secondary N) is 2. The van der Waals surface area contributed by atoms with Crippen molar-refractivity contribution in [3.05, 3.63) is 53.4 Å². The van der Waals surface area contributed by atoms with Crippen LogP contribution >= 0.6 is 24.0 Å². The van der Waals surface area contributed by atoms with Crippen LogP contribution in [0.3, 0.4) is 0 Å². The Morgan fingerprint density at radius 1 is 1.08 bits per heavy atom.